The molecule has 2 N–H and O–H groups in total. The summed E-state index contributed by atoms with van der Waals surface area (Å²) in [5.74, 6) is 0.657. The summed E-state index contributed by atoms with van der Waals surface area (Å²) in [6, 6.07) is 0.530. The molecule has 0 aromatic heterocycles. The third-order valence-corrected chi connectivity index (χ3v) is 3.74. The van der Waals surface area contributed by atoms with Crippen LogP contribution in [0, 0.1) is 5.92 Å². The average molecular weight is 262 g/mol. The van der Waals surface area contributed by atoms with Crippen molar-refractivity contribution in [2.24, 2.45) is 11.7 Å². The smallest absolute Gasteiger partial charge is 0.320 e. The van der Waals surface area contributed by atoms with Gasteiger partial charge >= 0.3 is 6.03 Å². The van der Waals surface area contributed by atoms with E-state index in [1.54, 1.807) is 0 Å². The van der Waals surface area contributed by atoms with Gasteiger partial charge in [-0.2, -0.15) is 0 Å². The van der Waals surface area contributed by atoms with Crippen molar-refractivity contribution in [3.8, 4) is 0 Å². The van der Waals surface area contributed by atoms with Crippen LogP contribution >= 0.6 is 12.4 Å². The Morgan fingerprint density at radius 1 is 1.12 bits per heavy atom. The Morgan fingerprint density at radius 3 is 2.35 bits per heavy atom. The third kappa shape index (κ3) is 3.75. The highest BCUT2D eigenvalue weighted by molar-refractivity contribution is 5.85. The van der Waals surface area contributed by atoms with Crippen LogP contribution in [0.15, 0.2) is 0 Å². The molecule has 2 aliphatic heterocycles. The standard InChI is InChI=1S/C12H23N3O.ClH/c1-10-3-2-6-15(9-10)12(16)14-7-4-11(13)5-8-14;/h10-11H,2-9,13H2,1H3;1H. The number of nitrogens with two attached hydrogens (primary N) is 1. The molecule has 0 aliphatic carbocycles. The van der Waals surface area contributed by atoms with Gasteiger partial charge in [-0.15, -0.1) is 12.4 Å². The minimum atomic E-state index is 0. The minimum Gasteiger partial charge on any atom is -0.328 e. The fourth-order valence-corrected chi connectivity index (χ4v) is 2.65. The van der Waals surface area contributed by atoms with Crippen LogP contribution in [0.2, 0.25) is 0 Å². The molecule has 0 bridgehead atoms. The number of amides is 2. The van der Waals surface area contributed by atoms with Crippen molar-refractivity contribution >= 4 is 18.4 Å². The summed E-state index contributed by atoms with van der Waals surface area (Å²) in [7, 11) is 0. The van der Waals surface area contributed by atoms with E-state index in [2.05, 4.69) is 6.92 Å². The molecule has 2 fully saturated rings. The molecule has 0 spiro atoms. The first-order valence-corrected chi connectivity index (χ1v) is 6.46. The zero-order valence-corrected chi connectivity index (χ0v) is 11.4. The molecule has 100 valence electrons. The molecule has 0 saturated carbocycles. The van der Waals surface area contributed by atoms with E-state index >= 15 is 0 Å². The minimum absolute atomic E-state index is 0. The molecular weight excluding hydrogens is 238 g/mol. The van der Waals surface area contributed by atoms with Gasteiger partial charge in [-0.05, 0) is 31.6 Å². The van der Waals surface area contributed by atoms with Crippen LogP contribution in [0.25, 0.3) is 0 Å². The first-order chi connectivity index (χ1) is 7.66. The van der Waals surface area contributed by atoms with Crippen LogP contribution in [0.3, 0.4) is 0 Å². The summed E-state index contributed by atoms with van der Waals surface area (Å²) >= 11 is 0. The van der Waals surface area contributed by atoms with Gasteiger partial charge < -0.3 is 15.5 Å². The highest BCUT2D eigenvalue weighted by Gasteiger charge is 2.27. The molecule has 2 heterocycles. The van der Waals surface area contributed by atoms with Gasteiger partial charge in [-0.3, -0.25) is 0 Å². The maximum Gasteiger partial charge on any atom is 0.320 e. The molecule has 2 saturated heterocycles. The molecule has 2 aliphatic rings. The molecule has 17 heavy (non-hydrogen) atoms. The normalized spacial score (nSPS) is 26.6. The van der Waals surface area contributed by atoms with E-state index in [0.717, 1.165) is 45.4 Å². The van der Waals surface area contributed by atoms with Gasteiger partial charge in [0.15, 0.2) is 0 Å². The van der Waals surface area contributed by atoms with Crippen LogP contribution in [-0.2, 0) is 0 Å². The Labute approximate surface area is 110 Å². The van der Waals surface area contributed by atoms with E-state index in [0.29, 0.717) is 12.0 Å². The number of likely N-dealkylation sites (tertiary alicyclic amines) is 2. The Bertz CT molecular complexity index is 254. The van der Waals surface area contributed by atoms with Gasteiger partial charge in [0.1, 0.15) is 0 Å². The molecule has 2 rings (SSSR count). The second kappa shape index (κ2) is 6.45. The molecule has 0 radical (unpaired) electrons. The predicted octanol–water partition coefficient (Wildman–Crippen LogP) is 1.68. The molecule has 0 aromatic rings. The Hall–Kier alpha value is -0.480. The summed E-state index contributed by atoms with van der Waals surface area (Å²) in [5, 5.41) is 0. The van der Waals surface area contributed by atoms with Crippen LogP contribution in [-0.4, -0.2) is 48.1 Å². The highest BCUT2D eigenvalue weighted by Crippen LogP contribution is 2.18. The number of halogens is 1. The fourth-order valence-electron chi connectivity index (χ4n) is 2.65. The maximum atomic E-state index is 12.2. The molecule has 2 amide bonds. The monoisotopic (exact) mass is 261 g/mol. The lowest BCUT2D eigenvalue weighted by Gasteiger charge is -2.38. The lowest BCUT2D eigenvalue weighted by molar-refractivity contribution is 0.121. The number of nitrogens with zero attached hydrogens (tertiary/aromatic N) is 2. The van der Waals surface area contributed by atoms with Crippen molar-refractivity contribution in [2.45, 2.75) is 38.6 Å². The average Bonchev–Trinajstić information content (AvgIpc) is 2.29. The summed E-state index contributed by atoms with van der Waals surface area (Å²) in [4.78, 5) is 16.2. The molecule has 5 heteroatoms. The predicted molar refractivity (Wildman–Crippen MR) is 71.4 cm³/mol. The van der Waals surface area contributed by atoms with Gasteiger partial charge in [0.05, 0.1) is 0 Å². The quantitative estimate of drug-likeness (QED) is 0.721. The van der Waals surface area contributed by atoms with E-state index in [4.69, 9.17) is 5.73 Å². The van der Waals surface area contributed by atoms with Crippen LogP contribution in [0.4, 0.5) is 4.79 Å². The second-order valence-electron chi connectivity index (χ2n) is 5.30. The van der Waals surface area contributed by atoms with Crippen LogP contribution in [0.5, 0.6) is 0 Å². The van der Waals surface area contributed by atoms with Gasteiger partial charge in [0, 0.05) is 32.2 Å². The second-order valence-corrected chi connectivity index (χ2v) is 5.30. The van der Waals surface area contributed by atoms with Crippen molar-refractivity contribution in [1.29, 1.82) is 0 Å². The topological polar surface area (TPSA) is 49.6 Å². The van der Waals surface area contributed by atoms with Crippen molar-refractivity contribution in [1.82, 2.24) is 9.80 Å². The highest BCUT2D eigenvalue weighted by atomic mass is 35.5. The van der Waals surface area contributed by atoms with E-state index in [9.17, 15) is 4.79 Å². The van der Waals surface area contributed by atoms with Crippen molar-refractivity contribution < 1.29 is 4.79 Å². The van der Waals surface area contributed by atoms with Gasteiger partial charge in [0.2, 0.25) is 0 Å². The lowest BCUT2D eigenvalue weighted by atomic mass is 10.0. The van der Waals surface area contributed by atoms with Crippen LogP contribution in [0.1, 0.15) is 32.6 Å². The van der Waals surface area contributed by atoms with Crippen LogP contribution < -0.4 is 5.73 Å². The van der Waals surface area contributed by atoms with Gasteiger partial charge in [-0.25, -0.2) is 4.79 Å². The lowest BCUT2D eigenvalue weighted by Crippen LogP contribution is -2.51. The Morgan fingerprint density at radius 2 is 1.76 bits per heavy atom. The Balaban J connectivity index is 0.00000144. The maximum absolute atomic E-state index is 12.2. The Kier molecular flexibility index (Phi) is 5.53. The van der Waals surface area contributed by atoms with E-state index < -0.39 is 0 Å². The van der Waals surface area contributed by atoms with E-state index in [-0.39, 0.29) is 18.4 Å². The third-order valence-electron chi connectivity index (χ3n) is 3.74. The number of rotatable bonds is 0. The summed E-state index contributed by atoms with van der Waals surface area (Å²) in [6.07, 6.45) is 4.32. The van der Waals surface area contributed by atoms with E-state index in [1.165, 1.54) is 6.42 Å². The summed E-state index contributed by atoms with van der Waals surface area (Å²) in [6.45, 7) is 5.77. The zero-order chi connectivity index (χ0) is 11.5. The fraction of sp³-hybridized carbons (Fsp3) is 0.917. The zero-order valence-electron chi connectivity index (χ0n) is 10.6. The van der Waals surface area contributed by atoms with E-state index in [1.807, 2.05) is 9.80 Å². The van der Waals surface area contributed by atoms with Crippen molar-refractivity contribution in [3.63, 3.8) is 0 Å². The number of urea groups is 1. The first-order valence-electron chi connectivity index (χ1n) is 6.46. The number of hydrogen-bond donors (Lipinski definition) is 1. The summed E-state index contributed by atoms with van der Waals surface area (Å²) in [5.41, 5.74) is 5.85. The number of carbonyl (C=O) groups excluding carboxylic acids is 1. The van der Waals surface area contributed by atoms with Gasteiger partial charge in [-0.1, -0.05) is 6.92 Å². The SMILES string of the molecule is CC1CCCN(C(=O)N2CCC(N)CC2)C1.Cl. The van der Waals surface area contributed by atoms with Crippen molar-refractivity contribution in [3.05, 3.63) is 0 Å². The number of carbonyl (C=O) groups is 1. The first kappa shape index (κ1) is 14.6. The van der Waals surface area contributed by atoms with Crippen molar-refractivity contribution in [2.75, 3.05) is 26.2 Å². The molecule has 4 nitrogen and oxygen atoms in total. The number of piperidine rings is 2. The number of hydrogen-bond acceptors (Lipinski definition) is 2. The molecule has 0 aromatic carbocycles. The van der Waals surface area contributed by atoms with Gasteiger partial charge in [0.25, 0.3) is 0 Å². The molecular formula is C12H24ClN3O. The largest absolute Gasteiger partial charge is 0.328 e. The summed E-state index contributed by atoms with van der Waals surface area (Å²) < 4.78 is 0. The molecule has 1 atom stereocenters. The molecule has 1 unspecified atom stereocenters.